The summed E-state index contributed by atoms with van der Waals surface area (Å²) in [5, 5.41) is 4.79. The molecule has 0 aliphatic carbocycles. The van der Waals surface area contributed by atoms with Crippen molar-refractivity contribution in [2.75, 3.05) is 25.4 Å². The fourth-order valence-electron chi connectivity index (χ4n) is 1.04. The van der Waals surface area contributed by atoms with Crippen LogP contribution in [0, 0.1) is 5.41 Å². The van der Waals surface area contributed by atoms with E-state index in [0.29, 0.717) is 6.42 Å². The number of hydrogen-bond donors (Lipinski definition) is 3. The largest absolute Gasteiger partial charge is 0.448 e. The van der Waals surface area contributed by atoms with Crippen LogP contribution in [-0.2, 0) is 19.6 Å². The van der Waals surface area contributed by atoms with Crippen molar-refractivity contribution < 1.29 is 27.3 Å². The van der Waals surface area contributed by atoms with Crippen LogP contribution < -0.4 is 10.6 Å². The normalized spacial score (nSPS) is 11.8. The van der Waals surface area contributed by atoms with Crippen molar-refractivity contribution in [2.45, 2.75) is 27.2 Å². The van der Waals surface area contributed by atoms with E-state index in [1.54, 1.807) is 0 Å². The molecule has 0 aliphatic heterocycles. The van der Waals surface area contributed by atoms with E-state index in [9.17, 15) is 18.0 Å². The predicted octanol–water partition coefficient (Wildman–Crippen LogP) is 0.153. The summed E-state index contributed by atoms with van der Waals surface area (Å²) in [6.45, 7) is 5.43. The van der Waals surface area contributed by atoms with Gasteiger partial charge in [-0.25, -0.2) is 4.79 Å². The lowest BCUT2D eigenvalue weighted by molar-refractivity contribution is -0.129. The standard InChI is InChI=1S/C11H22N2O6S/c1-4-11(2,3)9(14)12-5-7-19-10(15)13-6-8-20(16,17)18/h4-8H2,1-3H3,(H,12,14)(H,13,15)(H,16,17,18). The first kappa shape index (κ1) is 18.7. The molecule has 0 bridgehead atoms. The highest BCUT2D eigenvalue weighted by Gasteiger charge is 2.24. The van der Waals surface area contributed by atoms with E-state index in [2.05, 4.69) is 10.6 Å². The lowest BCUT2D eigenvalue weighted by Crippen LogP contribution is -2.39. The second-order valence-electron chi connectivity index (χ2n) is 4.84. The fourth-order valence-corrected chi connectivity index (χ4v) is 1.40. The Labute approximate surface area is 119 Å². The molecular formula is C11H22N2O6S. The van der Waals surface area contributed by atoms with Crippen LogP contribution >= 0.6 is 0 Å². The summed E-state index contributed by atoms with van der Waals surface area (Å²) in [7, 11) is -4.10. The average molecular weight is 310 g/mol. The van der Waals surface area contributed by atoms with E-state index < -0.39 is 27.4 Å². The molecule has 0 spiro atoms. The van der Waals surface area contributed by atoms with Gasteiger partial charge in [0, 0.05) is 12.0 Å². The molecule has 0 aromatic heterocycles. The number of hydrogen-bond acceptors (Lipinski definition) is 5. The van der Waals surface area contributed by atoms with Crippen molar-refractivity contribution in [3.05, 3.63) is 0 Å². The molecule has 0 rings (SSSR count). The average Bonchev–Trinajstić information content (AvgIpc) is 2.32. The summed E-state index contributed by atoms with van der Waals surface area (Å²) in [6, 6.07) is 0. The summed E-state index contributed by atoms with van der Waals surface area (Å²) in [5.41, 5.74) is -0.474. The Bertz CT molecular complexity index is 432. The van der Waals surface area contributed by atoms with Gasteiger partial charge in [0.05, 0.1) is 12.3 Å². The van der Waals surface area contributed by atoms with Gasteiger partial charge in [-0.15, -0.1) is 0 Å². The summed E-state index contributed by atoms with van der Waals surface area (Å²) in [4.78, 5) is 22.8. The molecule has 9 heteroatoms. The van der Waals surface area contributed by atoms with Gasteiger partial charge in [-0.2, -0.15) is 8.42 Å². The van der Waals surface area contributed by atoms with Crippen LogP contribution in [0.4, 0.5) is 4.79 Å². The molecule has 8 nitrogen and oxygen atoms in total. The van der Waals surface area contributed by atoms with Crippen molar-refractivity contribution in [3.8, 4) is 0 Å². The molecule has 0 saturated carbocycles. The molecule has 0 unspecified atom stereocenters. The Morgan fingerprint density at radius 3 is 2.30 bits per heavy atom. The van der Waals surface area contributed by atoms with Gasteiger partial charge >= 0.3 is 6.09 Å². The fraction of sp³-hybridized carbons (Fsp3) is 0.818. The molecule has 2 amide bonds. The van der Waals surface area contributed by atoms with Crippen LogP contribution in [-0.4, -0.2) is 50.4 Å². The highest BCUT2D eigenvalue weighted by molar-refractivity contribution is 7.85. The number of carbonyl (C=O) groups excluding carboxylic acids is 2. The number of nitrogens with one attached hydrogen (secondary N) is 2. The van der Waals surface area contributed by atoms with E-state index in [-0.39, 0.29) is 25.6 Å². The number of alkyl carbamates (subject to hydrolysis) is 1. The molecule has 0 aromatic carbocycles. The smallest absolute Gasteiger partial charge is 0.407 e. The molecule has 0 saturated heterocycles. The summed E-state index contributed by atoms with van der Waals surface area (Å²) < 4.78 is 33.9. The van der Waals surface area contributed by atoms with Crippen LogP contribution in [0.25, 0.3) is 0 Å². The maximum absolute atomic E-state index is 11.7. The van der Waals surface area contributed by atoms with Crippen LogP contribution in [0.2, 0.25) is 0 Å². The highest BCUT2D eigenvalue weighted by Crippen LogP contribution is 2.18. The van der Waals surface area contributed by atoms with Crippen molar-refractivity contribution in [1.29, 1.82) is 0 Å². The van der Waals surface area contributed by atoms with Crippen LogP contribution in [0.15, 0.2) is 0 Å². The zero-order chi connectivity index (χ0) is 15.8. The van der Waals surface area contributed by atoms with Crippen molar-refractivity contribution in [3.63, 3.8) is 0 Å². The van der Waals surface area contributed by atoms with E-state index in [4.69, 9.17) is 9.29 Å². The molecule has 0 aliphatic rings. The molecule has 0 heterocycles. The number of ether oxygens (including phenoxy) is 1. The lowest BCUT2D eigenvalue weighted by Gasteiger charge is -2.21. The topological polar surface area (TPSA) is 122 Å². The Morgan fingerprint density at radius 1 is 1.20 bits per heavy atom. The van der Waals surface area contributed by atoms with E-state index in [1.165, 1.54) is 0 Å². The van der Waals surface area contributed by atoms with Crippen LogP contribution in [0.5, 0.6) is 0 Å². The molecule has 0 fully saturated rings. The highest BCUT2D eigenvalue weighted by atomic mass is 32.2. The minimum absolute atomic E-state index is 0.0246. The third kappa shape index (κ3) is 8.70. The van der Waals surface area contributed by atoms with Gasteiger partial charge in [0.1, 0.15) is 6.61 Å². The summed E-state index contributed by atoms with van der Waals surface area (Å²) in [6.07, 6.45) is -0.117. The Hall–Kier alpha value is -1.35. The zero-order valence-electron chi connectivity index (χ0n) is 11.9. The monoisotopic (exact) mass is 310 g/mol. The van der Waals surface area contributed by atoms with Crippen molar-refractivity contribution in [1.82, 2.24) is 10.6 Å². The first-order chi connectivity index (χ1) is 9.08. The van der Waals surface area contributed by atoms with E-state index in [1.807, 2.05) is 20.8 Å². The third-order valence-corrected chi connectivity index (χ3v) is 3.47. The minimum atomic E-state index is -4.10. The van der Waals surface area contributed by atoms with Crippen molar-refractivity contribution >= 4 is 22.1 Å². The summed E-state index contributed by atoms with van der Waals surface area (Å²) >= 11 is 0. The predicted molar refractivity (Wildman–Crippen MR) is 72.8 cm³/mol. The van der Waals surface area contributed by atoms with Gasteiger partial charge in [0.2, 0.25) is 5.91 Å². The molecule has 0 atom stereocenters. The zero-order valence-corrected chi connectivity index (χ0v) is 12.7. The molecule has 20 heavy (non-hydrogen) atoms. The van der Waals surface area contributed by atoms with Gasteiger partial charge in [0.25, 0.3) is 10.1 Å². The van der Waals surface area contributed by atoms with Gasteiger partial charge < -0.3 is 15.4 Å². The van der Waals surface area contributed by atoms with Crippen LogP contribution in [0.1, 0.15) is 27.2 Å². The molecular weight excluding hydrogens is 288 g/mol. The third-order valence-electron chi connectivity index (χ3n) is 2.75. The lowest BCUT2D eigenvalue weighted by atomic mass is 9.89. The SMILES string of the molecule is CCC(C)(C)C(=O)NCCOC(=O)NCCS(=O)(=O)O. The molecule has 0 radical (unpaired) electrons. The van der Waals surface area contributed by atoms with E-state index >= 15 is 0 Å². The van der Waals surface area contributed by atoms with Gasteiger partial charge in [-0.1, -0.05) is 20.8 Å². The number of carbonyl (C=O) groups is 2. The second kappa shape index (κ2) is 8.05. The maximum atomic E-state index is 11.7. The minimum Gasteiger partial charge on any atom is -0.448 e. The van der Waals surface area contributed by atoms with Gasteiger partial charge in [-0.05, 0) is 6.42 Å². The Kier molecular flexibility index (Phi) is 7.51. The first-order valence-corrected chi connectivity index (χ1v) is 7.83. The van der Waals surface area contributed by atoms with Gasteiger partial charge in [-0.3, -0.25) is 9.35 Å². The number of rotatable bonds is 8. The van der Waals surface area contributed by atoms with Crippen LogP contribution in [0.3, 0.4) is 0 Å². The van der Waals surface area contributed by atoms with E-state index in [0.717, 1.165) is 0 Å². The van der Waals surface area contributed by atoms with Gasteiger partial charge in [0.15, 0.2) is 0 Å². The molecule has 0 aromatic rings. The second-order valence-corrected chi connectivity index (χ2v) is 6.41. The Morgan fingerprint density at radius 2 is 1.80 bits per heavy atom. The quantitative estimate of drug-likeness (QED) is 0.433. The Balaban J connectivity index is 3.75. The maximum Gasteiger partial charge on any atom is 0.407 e. The molecule has 3 N–H and O–H groups in total. The van der Waals surface area contributed by atoms with Crippen molar-refractivity contribution in [2.24, 2.45) is 5.41 Å². The first-order valence-electron chi connectivity index (χ1n) is 6.22. The number of amides is 2. The molecule has 118 valence electrons. The summed E-state index contributed by atoms with van der Waals surface area (Å²) in [5.74, 6) is -0.709.